The Bertz CT molecular complexity index is 359. The van der Waals surface area contributed by atoms with E-state index < -0.39 is 0 Å². The fraction of sp³-hybridized carbons (Fsp3) is 0.500. The second kappa shape index (κ2) is 6.82. The summed E-state index contributed by atoms with van der Waals surface area (Å²) in [6, 6.07) is 8.60. The van der Waals surface area contributed by atoms with Crippen molar-refractivity contribution in [1.82, 2.24) is 5.32 Å². The predicted molar refractivity (Wildman–Crippen MR) is 74.5 cm³/mol. The quantitative estimate of drug-likeness (QED) is 0.785. The van der Waals surface area contributed by atoms with Gasteiger partial charge in [-0.3, -0.25) is 4.79 Å². The van der Waals surface area contributed by atoms with Crippen molar-refractivity contribution in [2.45, 2.75) is 43.4 Å². The van der Waals surface area contributed by atoms with Crippen LogP contribution in [0.1, 0.15) is 38.8 Å². The zero-order valence-electron chi connectivity index (χ0n) is 11.0. The Morgan fingerprint density at radius 2 is 1.88 bits per heavy atom. The minimum Gasteiger partial charge on any atom is -0.313 e. The van der Waals surface area contributed by atoms with Crippen molar-refractivity contribution < 1.29 is 4.79 Å². The van der Waals surface area contributed by atoms with Gasteiger partial charge in [-0.05, 0) is 31.7 Å². The largest absolute Gasteiger partial charge is 0.313 e. The number of carbonyl (C=O) groups excluding carboxylic acids is 1. The van der Waals surface area contributed by atoms with Crippen LogP contribution in [0, 0.1) is 0 Å². The van der Waals surface area contributed by atoms with E-state index in [1.54, 1.807) is 6.92 Å². The van der Waals surface area contributed by atoms with E-state index in [-0.39, 0.29) is 11.8 Å². The lowest BCUT2D eigenvalue weighted by Crippen LogP contribution is -2.18. The molecule has 0 amide bonds. The standard InChI is InChI=1S/C14H21NOS/c1-10(2)17-13-7-5-12(6-8-13)14(15-4)9-11(3)16/h5-8,10,14-15H,9H2,1-4H3. The first-order valence-electron chi connectivity index (χ1n) is 5.96. The summed E-state index contributed by atoms with van der Waals surface area (Å²) in [6.45, 7) is 6.00. The van der Waals surface area contributed by atoms with Crippen molar-refractivity contribution in [2.24, 2.45) is 0 Å². The minimum absolute atomic E-state index is 0.130. The summed E-state index contributed by atoms with van der Waals surface area (Å²) >= 11 is 1.85. The highest BCUT2D eigenvalue weighted by atomic mass is 32.2. The van der Waals surface area contributed by atoms with E-state index in [1.165, 1.54) is 10.5 Å². The van der Waals surface area contributed by atoms with E-state index in [9.17, 15) is 4.79 Å². The lowest BCUT2D eigenvalue weighted by molar-refractivity contribution is -0.117. The van der Waals surface area contributed by atoms with E-state index in [2.05, 4.69) is 43.4 Å². The number of carbonyl (C=O) groups is 1. The van der Waals surface area contributed by atoms with Gasteiger partial charge >= 0.3 is 0 Å². The maximum absolute atomic E-state index is 11.2. The number of thioether (sulfide) groups is 1. The molecular formula is C14H21NOS. The summed E-state index contributed by atoms with van der Waals surface area (Å²) < 4.78 is 0. The van der Waals surface area contributed by atoms with Crippen LogP contribution in [0.2, 0.25) is 0 Å². The number of hydrogen-bond acceptors (Lipinski definition) is 3. The molecular weight excluding hydrogens is 230 g/mol. The normalized spacial score (nSPS) is 12.8. The van der Waals surface area contributed by atoms with Crippen LogP contribution in [0.4, 0.5) is 0 Å². The molecule has 1 N–H and O–H groups in total. The minimum atomic E-state index is 0.130. The number of Topliss-reactive ketones (excluding diaryl/α,β-unsaturated/α-hetero) is 1. The molecule has 0 aromatic heterocycles. The molecule has 0 spiro atoms. The Hall–Kier alpha value is -0.800. The average Bonchev–Trinajstić information content (AvgIpc) is 2.26. The van der Waals surface area contributed by atoms with Gasteiger partial charge in [0.15, 0.2) is 0 Å². The van der Waals surface area contributed by atoms with Gasteiger partial charge in [-0.25, -0.2) is 0 Å². The molecule has 1 aromatic rings. The first-order chi connectivity index (χ1) is 8.02. The highest BCUT2D eigenvalue weighted by Gasteiger charge is 2.11. The molecule has 1 atom stereocenters. The molecule has 0 bridgehead atoms. The molecule has 0 saturated carbocycles. The molecule has 1 aromatic carbocycles. The monoisotopic (exact) mass is 251 g/mol. The third-order valence-corrected chi connectivity index (χ3v) is 3.51. The molecule has 3 heteroatoms. The maximum Gasteiger partial charge on any atom is 0.131 e. The van der Waals surface area contributed by atoms with Crippen molar-refractivity contribution in [3.63, 3.8) is 0 Å². The number of hydrogen-bond donors (Lipinski definition) is 1. The molecule has 2 nitrogen and oxygen atoms in total. The molecule has 0 aliphatic carbocycles. The van der Waals surface area contributed by atoms with Gasteiger partial charge in [0.05, 0.1) is 0 Å². The SMILES string of the molecule is CNC(CC(C)=O)c1ccc(SC(C)C)cc1. The predicted octanol–water partition coefficient (Wildman–Crippen LogP) is 3.43. The topological polar surface area (TPSA) is 29.1 Å². The fourth-order valence-electron chi connectivity index (χ4n) is 1.72. The third-order valence-electron chi connectivity index (χ3n) is 2.49. The molecule has 17 heavy (non-hydrogen) atoms. The molecule has 1 unspecified atom stereocenters. The van der Waals surface area contributed by atoms with Gasteiger partial charge in [0, 0.05) is 22.6 Å². The van der Waals surface area contributed by atoms with Crippen molar-refractivity contribution in [1.29, 1.82) is 0 Å². The van der Waals surface area contributed by atoms with E-state index >= 15 is 0 Å². The Balaban J connectivity index is 2.74. The van der Waals surface area contributed by atoms with Crippen LogP contribution in [0.15, 0.2) is 29.2 Å². The van der Waals surface area contributed by atoms with Crippen LogP contribution in [0.3, 0.4) is 0 Å². The smallest absolute Gasteiger partial charge is 0.131 e. The van der Waals surface area contributed by atoms with Gasteiger partial charge in [0.2, 0.25) is 0 Å². The molecule has 0 fully saturated rings. The van der Waals surface area contributed by atoms with E-state index in [0.29, 0.717) is 11.7 Å². The summed E-state index contributed by atoms with van der Waals surface area (Å²) in [5, 5.41) is 3.78. The van der Waals surface area contributed by atoms with Gasteiger partial charge < -0.3 is 5.32 Å². The Morgan fingerprint density at radius 1 is 1.29 bits per heavy atom. The fourth-order valence-corrected chi connectivity index (χ4v) is 2.56. The van der Waals surface area contributed by atoms with Crippen LogP contribution in [0.25, 0.3) is 0 Å². The van der Waals surface area contributed by atoms with Crippen molar-refractivity contribution >= 4 is 17.5 Å². The first-order valence-corrected chi connectivity index (χ1v) is 6.84. The molecule has 0 heterocycles. The van der Waals surface area contributed by atoms with Crippen molar-refractivity contribution in [2.75, 3.05) is 7.05 Å². The summed E-state index contributed by atoms with van der Waals surface area (Å²) in [4.78, 5) is 12.4. The van der Waals surface area contributed by atoms with Crippen molar-refractivity contribution in [3.05, 3.63) is 29.8 Å². The van der Waals surface area contributed by atoms with Gasteiger partial charge in [0.1, 0.15) is 5.78 Å². The maximum atomic E-state index is 11.2. The molecule has 0 saturated heterocycles. The number of ketones is 1. The summed E-state index contributed by atoms with van der Waals surface area (Å²) in [7, 11) is 1.89. The molecule has 0 aliphatic rings. The summed E-state index contributed by atoms with van der Waals surface area (Å²) in [5.41, 5.74) is 1.18. The third kappa shape index (κ3) is 4.92. The Labute approximate surface area is 108 Å². The van der Waals surface area contributed by atoms with Gasteiger partial charge in [0.25, 0.3) is 0 Å². The second-order valence-corrected chi connectivity index (χ2v) is 6.13. The van der Waals surface area contributed by atoms with E-state index in [0.717, 1.165) is 0 Å². The Morgan fingerprint density at radius 3 is 2.29 bits per heavy atom. The lowest BCUT2D eigenvalue weighted by Gasteiger charge is -2.15. The van der Waals surface area contributed by atoms with Gasteiger partial charge in [-0.15, -0.1) is 11.8 Å². The Kier molecular flexibility index (Phi) is 5.72. The number of benzene rings is 1. The van der Waals surface area contributed by atoms with Crippen LogP contribution >= 0.6 is 11.8 Å². The van der Waals surface area contributed by atoms with Crippen molar-refractivity contribution in [3.8, 4) is 0 Å². The highest BCUT2D eigenvalue weighted by Crippen LogP contribution is 2.25. The van der Waals surface area contributed by atoms with Crippen LogP contribution in [-0.2, 0) is 4.79 Å². The first kappa shape index (κ1) is 14.3. The number of nitrogens with one attached hydrogen (secondary N) is 1. The highest BCUT2D eigenvalue weighted by molar-refractivity contribution is 7.99. The van der Waals surface area contributed by atoms with E-state index in [4.69, 9.17) is 0 Å². The number of rotatable bonds is 6. The van der Waals surface area contributed by atoms with Crippen LogP contribution in [0.5, 0.6) is 0 Å². The van der Waals surface area contributed by atoms with Crippen LogP contribution in [-0.4, -0.2) is 18.1 Å². The average molecular weight is 251 g/mol. The van der Waals surface area contributed by atoms with Gasteiger partial charge in [-0.1, -0.05) is 26.0 Å². The lowest BCUT2D eigenvalue weighted by atomic mass is 10.0. The summed E-state index contributed by atoms with van der Waals surface area (Å²) in [6.07, 6.45) is 0.549. The zero-order valence-corrected chi connectivity index (χ0v) is 11.8. The van der Waals surface area contributed by atoms with Crippen LogP contribution < -0.4 is 5.32 Å². The summed E-state index contributed by atoms with van der Waals surface area (Å²) in [5.74, 6) is 0.213. The molecule has 1 rings (SSSR count). The molecule has 0 radical (unpaired) electrons. The van der Waals surface area contributed by atoms with E-state index in [1.807, 2.05) is 18.8 Å². The second-order valence-electron chi connectivity index (χ2n) is 4.48. The zero-order chi connectivity index (χ0) is 12.8. The van der Waals surface area contributed by atoms with Gasteiger partial charge in [-0.2, -0.15) is 0 Å². The molecule has 0 aliphatic heterocycles. The molecule has 94 valence electrons.